The van der Waals surface area contributed by atoms with Crippen LogP contribution in [0.1, 0.15) is 5.56 Å². The van der Waals surface area contributed by atoms with Crippen LogP contribution in [-0.2, 0) is 6.42 Å². The standard InChI is InChI=1S/C15H14ClF2NS/c16-14-5-2-6-15(18)13(14)8-11(19)9-20-12-4-1-3-10(17)7-12/h1-7,11H,8-9,19H2. The van der Waals surface area contributed by atoms with Crippen molar-refractivity contribution in [1.82, 2.24) is 0 Å². The van der Waals surface area contributed by atoms with E-state index in [4.69, 9.17) is 17.3 Å². The molecular formula is C15H14ClF2NS. The maximum atomic E-state index is 13.6. The molecular weight excluding hydrogens is 300 g/mol. The lowest BCUT2D eigenvalue weighted by atomic mass is 10.1. The zero-order valence-electron chi connectivity index (χ0n) is 10.7. The van der Waals surface area contributed by atoms with Crippen molar-refractivity contribution in [2.45, 2.75) is 17.4 Å². The maximum Gasteiger partial charge on any atom is 0.127 e. The second kappa shape index (κ2) is 7.07. The van der Waals surface area contributed by atoms with Crippen molar-refractivity contribution < 1.29 is 8.78 Å². The number of hydrogen-bond acceptors (Lipinski definition) is 2. The summed E-state index contributed by atoms with van der Waals surface area (Å²) >= 11 is 7.40. The van der Waals surface area contributed by atoms with Crippen LogP contribution in [0.3, 0.4) is 0 Å². The molecule has 2 aromatic rings. The summed E-state index contributed by atoms with van der Waals surface area (Å²) in [5.41, 5.74) is 6.42. The molecule has 1 atom stereocenters. The third-order valence-corrected chi connectivity index (χ3v) is 4.32. The summed E-state index contributed by atoms with van der Waals surface area (Å²) in [6, 6.07) is 10.6. The number of rotatable bonds is 5. The van der Waals surface area contributed by atoms with E-state index in [0.29, 0.717) is 22.8 Å². The molecule has 0 saturated carbocycles. The predicted octanol–water partition coefficient (Wildman–Crippen LogP) is 4.28. The molecule has 1 nitrogen and oxygen atoms in total. The average Bonchev–Trinajstić information content (AvgIpc) is 2.41. The highest BCUT2D eigenvalue weighted by Gasteiger charge is 2.12. The minimum absolute atomic E-state index is 0.252. The molecule has 0 aliphatic carbocycles. The van der Waals surface area contributed by atoms with Gasteiger partial charge in [-0.25, -0.2) is 8.78 Å². The molecule has 20 heavy (non-hydrogen) atoms. The first-order chi connectivity index (χ1) is 9.56. The molecule has 0 radical (unpaired) electrons. The number of benzene rings is 2. The Kier molecular flexibility index (Phi) is 5.40. The normalized spacial score (nSPS) is 12.4. The largest absolute Gasteiger partial charge is 0.327 e. The third kappa shape index (κ3) is 4.20. The Bertz CT molecular complexity index is 572. The lowest BCUT2D eigenvalue weighted by Gasteiger charge is -2.13. The SMILES string of the molecule is NC(CSc1cccc(F)c1)Cc1c(F)cccc1Cl. The Hall–Kier alpha value is -1.10. The van der Waals surface area contributed by atoms with E-state index in [9.17, 15) is 8.78 Å². The minimum atomic E-state index is -0.344. The number of nitrogens with two attached hydrogens (primary N) is 1. The van der Waals surface area contributed by atoms with Gasteiger partial charge in [0.1, 0.15) is 11.6 Å². The Labute approximate surface area is 126 Å². The third-order valence-electron chi connectivity index (χ3n) is 2.79. The first kappa shape index (κ1) is 15.3. The van der Waals surface area contributed by atoms with E-state index >= 15 is 0 Å². The Morgan fingerprint density at radius 3 is 2.60 bits per heavy atom. The summed E-state index contributed by atoms with van der Waals surface area (Å²) < 4.78 is 26.7. The molecule has 106 valence electrons. The molecule has 0 bridgehead atoms. The van der Waals surface area contributed by atoms with Crippen LogP contribution in [-0.4, -0.2) is 11.8 Å². The molecule has 0 saturated heterocycles. The van der Waals surface area contributed by atoms with Gasteiger partial charge in [-0.1, -0.05) is 23.7 Å². The zero-order chi connectivity index (χ0) is 14.5. The van der Waals surface area contributed by atoms with Gasteiger partial charge in [0.25, 0.3) is 0 Å². The quantitative estimate of drug-likeness (QED) is 0.834. The van der Waals surface area contributed by atoms with Crippen molar-refractivity contribution in [2.75, 3.05) is 5.75 Å². The fourth-order valence-corrected chi connectivity index (χ4v) is 2.94. The summed E-state index contributed by atoms with van der Waals surface area (Å²) in [5.74, 6) is -0.0573. The van der Waals surface area contributed by atoms with E-state index in [-0.39, 0.29) is 17.7 Å². The molecule has 0 amide bonds. The molecule has 0 spiro atoms. The number of halogens is 3. The second-order valence-electron chi connectivity index (χ2n) is 4.43. The molecule has 0 aliphatic heterocycles. The monoisotopic (exact) mass is 313 g/mol. The van der Waals surface area contributed by atoms with Crippen LogP contribution >= 0.6 is 23.4 Å². The highest BCUT2D eigenvalue weighted by atomic mass is 35.5. The molecule has 1 unspecified atom stereocenters. The van der Waals surface area contributed by atoms with E-state index in [0.717, 1.165) is 4.90 Å². The second-order valence-corrected chi connectivity index (χ2v) is 5.93. The van der Waals surface area contributed by atoms with E-state index in [1.165, 1.54) is 30.0 Å². The molecule has 0 aliphatic rings. The van der Waals surface area contributed by atoms with Crippen molar-refractivity contribution >= 4 is 23.4 Å². The molecule has 2 aromatic carbocycles. The van der Waals surface area contributed by atoms with Crippen LogP contribution in [0.5, 0.6) is 0 Å². The lowest BCUT2D eigenvalue weighted by molar-refractivity contribution is 0.597. The van der Waals surface area contributed by atoms with E-state index in [1.54, 1.807) is 18.2 Å². The highest BCUT2D eigenvalue weighted by molar-refractivity contribution is 7.99. The summed E-state index contributed by atoms with van der Waals surface area (Å²) in [6.45, 7) is 0. The Balaban J connectivity index is 1.94. The molecule has 0 heterocycles. The van der Waals surface area contributed by atoms with E-state index in [1.807, 2.05) is 6.07 Å². The van der Waals surface area contributed by atoms with Crippen LogP contribution in [0, 0.1) is 11.6 Å². The van der Waals surface area contributed by atoms with Gasteiger partial charge >= 0.3 is 0 Å². The first-order valence-electron chi connectivity index (χ1n) is 6.13. The van der Waals surface area contributed by atoms with Gasteiger partial charge in [0.05, 0.1) is 0 Å². The molecule has 5 heteroatoms. The maximum absolute atomic E-state index is 13.6. The smallest absolute Gasteiger partial charge is 0.127 e. The van der Waals surface area contributed by atoms with Crippen LogP contribution in [0.25, 0.3) is 0 Å². The molecule has 2 N–H and O–H groups in total. The van der Waals surface area contributed by atoms with Gasteiger partial charge in [-0.3, -0.25) is 0 Å². The fraction of sp³-hybridized carbons (Fsp3) is 0.200. The van der Waals surface area contributed by atoms with Crippen LogP contribution in [0.2, 0.25) is 5.02 Å². The summed E-state index contributed by atoms with van der Waals surface area (Å²) in [6.07, 6.45) is 0.355. The fourth-order valence-electron chi connectivity index (χ4n) is 1.81. The summed E-state index contributed by atoms with van der Waals surface area (Å²) in [5, 5.41) is 0.385. The van der Waals surface area contributed by atoms with Gasteiger partial charge in [0.15, 0.2) is 0 Å². The first-order valence-corrected chi connectivity index (χ1v) is 7.49. The van der Waals surface area contributed by atoms with Crippen LogP contribution in [0.4, 0.5) is 8.78 Å². The van der Waals surface area contributed by atoms with Gasteiger partial charge < -0.3 is 5.73 Å². The Morgan fingerprint density at radius 2 is 1.90 bits per heavy atom. The van der Waals surface area contributed by atoms with Gasteiger partial charge in [0, 0.05) is 27.3 Å². The average molecular weight is 314 g/mol. The predicted molar refractivity (Wildman–Crippen MR) is 80.2 cm³/mol. The highest BCUT2D eigenvalue weighted by Crippen LogP contribution is 2.23. The molecule has 2 rings (SSSR count). The lowest BCUT2D eigenvalue weighted by Crippen LogP contribution is -2.26. The van der Waals surface area contributed by atoms with E-state index in [2.05, 4.69) is 0 Å². The molecule has 0 aromatic heterocycles. The van der Waals surface area contributed by atoms with Crippen LogP contribution < -0.4 is 5.73 Å². The van der Waals surface area contributed by atoms with Crippen molar-refractivity contribution in [3.8, 4) is 0 Å². The van der Waals surface area contributed by atoms with Crippen molar-refractivity contribution in [1.29, 1.82) is 0 Å². The van der Waals surface area contributed by atoms with Gasteiger partial charge in [0.2, 0.25) is 0 Å². The molecule has 0 fully saturated rings. The topological polar surface area (TPSA) is 26.0 Å². The van der Waals surface area contributed by atoms with E-state index < -0.39 is 0 Å². The Morgan fingerprint density at radius 1 is 1.15 bits per heavy atom. The van der Waals surface area contributed by atoms with Gasteiger partial charge in [-0.2, -0.15) is 0 Å². The van der Waals surface area contributed by atoms with Crippen molar-refractivity contribution in [3.05, 3.63) is 64.7 Å². The number of hydrogen-bond donors (Lipinski definition) is 1. The van der Waals surface area contributed by atoms with Gasteiger partial charge in [-0.15, -0.1) is 11.8 Å². The van der Waals surface area contributed by atoms with Crippen molar-refractivity contribution in [3.63, 3.8) is 0 Å². The zero-order valence-corrected chi connectivity index (χ0v) is 12.2. The summed E-state index contributed by atoms with van der Waals surface area (Å²) in [7, 11) is 0. The minimum Gasteiger partial charge on any atom is -0.327 e. The van der Waals surface area contributed by atoms with Crippen molar-refractivity contribution in [2.24, 2.45) is 5.73 Å². The number of thioether (sulfide) groups is 1. The summed E-state index contributed by atoms with van der Waals surface area (Å²) in [4.78, 5) is 0.806. The van der Waals surface area contributed by atoms with Gasteiger partial charge in [-0.05, 0) is 36.8 Å². The van der Waals surface area contributed by atoms with Crippen LogP contribution in [0.15, 0.2) is 47.4 Å².